The maximum absolute atomic E-state index is 13.2. The summed E-state index contributed by atoms with van der Waals surface area (Å²) in [4.78, 5) is 25.4. The van der Waals surface area contributed by atoms with Crippen molar-refractivity contribution in [3.63, 3.8) is 0 Å². The summed E-state index contributed by atoms with van der Waals surface area (Å²) in [5.41, 5.74) is 2.39. The van der Waals surface area contributed by atoms with Gasteiger partial charge in [0.25, 0.3) is 5.56 Å². The number of aromatic nitrogens is 1. The Hall–Kier alpha value is -3.61. The van der Waals surface area contributed by atoms with Gasteiger partial charge in [-0.2, -0.15) is 0 Å². The molecule has 2 N–H and O–H groups in total. The van der Waals surface area contributed by atoms with Gasteiger partial charge in [-0.05, 0) is 34.7 Å². The standard InChI is InChI=1S/C25H21ClN2O4/c26-19-11-12-20-21(13-19)23(18-9-5-2-6-10-18)22(14-29)28(24(20)30)16-27-25(31)32-15-17-7-3-1-4-8-17/h1-13,29H,14-16H2,(H,27,31). The van der Waals surface area contributed by atoms with Gasteiger partial charge < -0.3 is 15.2 Å². The number of fused-ring (bicyclic) bond motifs is 1. The van der Waals surface area contributed by atoms with Crippen molar-refractivity contribution in [1.29, 1.82) is 0 Å². The van der Waals surface area contributed by atoms with Gasteiger partial charge in [-0.1, -0.05) is 72.3 Å². The topological polar surface area (TPSA) is 80.6 Å². The van der Waals surface area contributed by atoms with E-state index in [2.05, 4.69) is 5.32 Å². The molecule has 0 fully saturated rings. The number of hydrogen-bond acceptors (Lipinski definition) is 4. The molecule has 3 aromatic carbocycles. The number of carbonyl (C=O) groups is 1. The Bertz CT molecular complexity index is 1300. The van der Waals surface area contributed by atoms with E-state index in [0.717, 1.165) is 11.1 Å². The third-order valence-corrected chi connectivity index (χ3v) is 5.38. The molecule has 1 heterocycles. The number of halogens is 1. The summed E-state index contributed by atoms with van der Waals surface area (Å²) >= 11 is 6.21. The first-order chi connectivity index (χ1) is 15.6. The van der Waals surface area contributed by atoms with Crippen LogP contribution in [0.1, 0.15) is 11.3 Å². The summed E-state index contributed by atoms with van der Waals surface area (Å²) in [7, 11) is 0. The smallest absolute Gasteiger partial charge is 0.408 e. The molecule has 0 bridgehead atoms. The lowest BCUT2D eigenvalue weighted by Gasteiger charge is -2.19. The van der Waals surface area contributed by atoms with E-state index in [4.69, 9.17) is 16.3 Å². The number of benzene rings is 3. The van der Waals surface area contributed by atoms with Crippen LogP contribution in [-0.4, -0.2) is 15.8 Å². The largest absolute Gasteiger partial charge is 0.445 e. The maximum atomic E-state index is 13.2. The molecule has 0 aliphatic carbocycles. The summed E-state index contributed by atoms with van der Waals surface area (Å²) in [5, 5.41) is 14.4. The highest BCUT2D eigenvalue weighted by Gasteiger charge is 2.18. The van der Waals surface area contributed by atoms with E-state index in [1.807, 2.05) is 60.7 Å². The maximum Gasteiger partial charge on any atom is 0.408 e. The van der Waals surface area contributed by atoms with Crippen molar-refractivity contribution in [3.05, 3.63) is 105 Å². The summed E-state index contributed by atoms with van der Waals surface area (Å²) in [6, 6.07) is 23.7. The zero-order chi connectivity index (χ0) is 22.5. The van der Waals surface area contributed by atoms with Crippen LogP contribution >= 0.6 is 11.6 Å². The van der Waals surface area contributed by atoms with Crippen LogP contribution in [0.2, 0.25) is 5.02 Å². The summed E-state index contributed by atoms with van der Waals surface area (Å²) < 4.78 is 6.59. The van der Waals surface area contributed by atoms with Gasteiger partial charge in [0.2, 0.25) is 0 Å². The van der Waals surface area contributed by atoms with Crippen LogP contribution in [0.15, 0.2) is 83.7 Å². The highest BCUT2D eigenvalue weighted by Crippen LogP contribution is 2.32. The molecule has 0 saturated heterocycles. The Morgan fingerprint density at radius 1 is 0.969 bits per heavy atom. The fourth-order valence-corrected chi connectivity index (χ4v) is 3.82. The number of amides is 1. The monoisotopic (exact) mass is 448 g/mol. The molecule has 6 nitrogen and oxygen atoms in total. The molecule has 0 radical (unpaired) electrons. The minimum absolute atomic E-state index is 0.111. The molecular formula is C25H21ClN2O4. The van der Waals surface area contributed by atoms with Gasteiger partial charge in [-0.15, -0.1) is 0 Å². The molecule has 0 aliphatic heterocycles. The Kier molecular flexibility index (Phi) is 6.54. The molecule has 0 saturated carbocycles. The summed E-state index contributed by atoms with van der Waals surface area (Å²) in [5.74, 6) is 0. The second kappa shape index (κ2) is 9.68. The minimum atomic E-state index is -0.665. The van der Waals surface area contributed by atoms with Crippen LogP contribution in [0.4, 0.5) is 4.79 Å². The predicted molar refractivity (Wildman–Crippen MR) is 124 cm³/mol. The van der Waals surface area contributed by atoms with Crippen LogP contribution in [0, 0.1) is 0 Å². The lowest BCUT2D eigenvalue weighted by Crippen LogP contribution is -2.34. The van der Waals surface area contributed by atoms with Gasteiger partial charge in [0.1, 0.15) is 13.3 Å². The first-order valence-electron chi connectivity index (χ1n) is 10.0. The number of nitrogens with zero attached hydrogens (tertiary/aromatic N) is 1. The van der Waals surface area contributed by atoms with Crippen LogP contribution in [0.3, 0.4) is 0 Å². The van der Waals surface area contributed by atoms with E-state index in [1.165, 1.54) is 4.57 Å². The summed E-state index contributed by atoms with van der Waals surface area (Å²) in [6.07, 6.45) is -0.665. The third-order valence-electron chi connectivity index (χ3n) is 5.15. The SMILES string of the molecule is O=C(NCn1c(CO)c(-c2ccccc2)c2cc(Cl)ccc2c1=O)OCc1ccccc1. The minimum Gasteiger partial charge on any atom is -0.445 e. The van der Waals surface area contributed by atoms with Crippen molar-refractivity contribution in [1.82, 2.24) is 9.88 Å². The average Bonchev–Trinajstić information content (AvgIpc) is 2.83. The van der Waals surface area contributed by atoms with E-state index >= 15 is 0 Å². The normalized spacial score (nSPS) is 10.8. The Balaban J connectivity index is 1.70. The number of ether oxygens (including phenoxy) is 1. The number of nitrogens with one attached hydrogen (secondary N) is 1. The van der Waals surface area contributed by atoms with Gasteiger partial charge in [0, 0.05) is 16.0 Å². The molecule has 32 heavy (non-hydrogen) atoms. The predicted octanol–water partition coefficient (Wildman–Crippen LogP) is 4.70. The Labute approximate surface area is 189 Å². The molecule has 4 rings (SSSR count). The van der Waals surface area contributed by atoms with Crippen molar-refractivity contribution < 1.29 is 14.6 Å². The van der Waals surface area contributed by atoms with E-state index in [0.29, 0.717) is 27.1 Å². The molecule has 7 heteroatoms. The molecule has 1 aromatic heterocycles. The number of alkyl carbamates (subject to hydrolysis) is 1. The van der Waals surface area contributed by atoms with E-state index in [-0.39, 0.29) is 18.8 Å². The van der Waals surface area contributed by atoms with Crippen LogP contribution in [0.25, 0.3) is 21.9 Å². The first-order valence-corrected chi connectivity index (χ1v) is 10.4. The van der Waals surface area contributed by atoms with E-state index in [1.54, 1.807) is 18.2 Å². The van der Waals surface area contributed by atoms with E-state index < -0.39 is 12.7 Å². The Morgan fingerprint density at radius 3 is 2.34 bits per heavy atom. The Morgan fingerprint density at radius 2 is 1.66 bits per heavy atom. The second-order valence-electron chi connectivity index (χ2n) is 7.17. The zero-order valence-corrected chi connectivity index (χ0v) is 17.9. The zero-order valence-electron chi connectivity index (χ0n) is 17.1. The molecule has 0 aliphatic rings. The average molecular weight is 449 g/mol. The van der Waals surface area contributed by atoms with Crippen LogP contribution < -0.4 is 10.9 Å². The number of aliphatic hydroxyl groups excluding tert-OH is 1. The van der Waals surface area contributed by atoms with Crippen molar-refractivity contribution in [3.8, 4) is 11.1 Å². The van der Waals surface area contributed by atoms with Crippen LogP contribution in [-0.2, 0) is 24.6 Å². The van der Waals surface area contributed by atoms with Crippen molar-refractivity contribution in [2.75, 3.05) is 0 Å². The molecule has 0 unspecified atom stereocenters. The van der Waals surface area contributed by atoms with E-state index in [9.17, 15) is 14.7 Å². The fourth-order valence-electron chi connectivity index (χ4n) is 3.64. The number of rotatable bonds is 6. The number of aliphatic hydroxyl groups is 1. The number of carbonyl (C=O) groups excluding carboxylic acids is 1. The second-order valence-corrected chi connectivity index (χ2v) is 7.60. The van der Waals surface area contributed by atoms with Crippen molar-refractivity contribution in [2.45, 2.75) is 19.9 Å². The quantitative estimate of drug-likeness (QED) is 0.448. The molecule has 0 spiro atoms. The lowest BCUT2D eigenvalue weighted by atomic mass is 9.97. The highest BCUT2D eigenvalue weighted by molar-refractivity contribution is 6.31. The van der Waals surface area contributed by atoms with Gasteiger partial charge in [-0.25, -0.2) is 4.79 Å². The molecule has 4 aromatic rings. The van der Waals surface area contributed by atoms with Gasteiger partial charge >= 0.3 is 6.09 Å². The molecule has 162 valence electrons. The van der Waals surface area contributed by atoms with Gasteiger partial charge in [0.15, 0.2) is 0 Å². The number of pyridine rings is 1. The van der Waals surface area contributed by atoms with Gasteiger partial charge in [0.05, 0.1) is 12.3 Å². The summed E-state index contributed by atoms with van der Waals surface area (Å²) in [6.45, 7) is -0.441. The van der Waals surface area contributed by atoms with Crippen molar-refractivity contribution in [2.24, 2.45) is 0 Å². The first kappa shape index (κ1) is 21.6. The highest BCUT2D eigenvalue weighted by atomic mass is 35.5. The third kappa shape index (κ3) is 4.51. The molecule has 1 amide bonds. The van der Waals surface area contributed by atoms with Gasteiger partial charge in [-0.3, -0.25) is 9.36 Å². The molecular weight excluding hydrogens is 428 g/mol. The molecule has 0 atom stereocenters. The van der Waals surface area contributed by atoms with Crippen molar-refractivity contribution >= 4 is 28.5 Å². The number of hydrogen-bond donors (Lipinski definition) is 2. The fraction of sp³-hybridized carbons (Fsp3) is 0.120. The van der Waals surface area contributed by atoms with Crippen LogP contribution in [0.5, 0.6) is 0 Å². The lowest BCUT2D eigenvalue weighted by molar-refractivity contribution is 0.136.